The number of hydrogen-bond donors (Lipinski definition) is 1. The van der Waals surface area contributed by atoms with Crippen molar-refractivity contribution in [3.8, 4) is 10.7 Å². The molecule has 1 saturated carbocycles. The Bertz CT molecular complexity index is 646. The highest BCUT2D eigenvalue weighted by atomic mass is 79.9. The molecule has 0 amide bonds. The number of carbonyl (C=O) groups is 1. The van der Waals surface area contributed by atoms with Crippen LogP contribution in [0.25, 0.3) is 10.7 Å². The third-order valence-electron chi connectivity index (χ3n) is 3.61. The van der Waals surface area contributed by atoms with Gasteiger partial charge in [0, 0.05) is 4.47 Å². The first-order valence-electron chi connectivity index (χ1n) is 5.97. The van der Waals surface area contributed by atoms with Crippen LogP contribution in [0.4, 0.5) is 0 Å². The fraction of sp³-hybridized carbons (Fsp3) is 0.455. The third-order valence-corrected chi connectivity index (χ3v) is 6.87. The summed E-state index contributed by atoms with van der Waals surface area (Å²) in [6.45, 7) is 0.317. The minimum Gasteiger partial charge on any atom is -0.481 e. The van der Waals surface area contributed by atoms with E-state index in [4.69, 9.17) is 0 Å². The summed E-state index contributed by atoms with van der Waals surface area (Å²) in [5, 5.41) is 21.1. The van der Waals surface area contributed by atoms with Gasteiger partial charge in [-0.2, -0.15) is 0 Å². The Balaban J connectivity index is 1.92. The minimum absolute atomic E-state index is 0.317. The first-order chi connectivity index (χ1) is 9.52. The fourth-order valence-electron chi connectivity index (χ4n) is 2.27. The molecule has 0 radical (unpaired) electrons. The summed E-state index contributed by atoms with van der Waals surface area (Å²) in [4.78, 5) is 12.3. The molecule has 9 heteroatoms. The summed E-state index contributed by atoms with van der Waals surface area (Å²) in [7, 11) is 0. The molecule has 2 aromatic rings. The minimum atomic E-state index is -0.765. The van der Waals surface area contributed by atoms with E-state index < -0.39 is 11.4 Å². The molecular formula is C11H10Br2N4O2S. The van der Waals surface area contributed by atoms with Gasteiger partial charge < -0.3 is 5.11 Å². The first kappa shape index (κ1) is 14.2. The largest absolute Gasteiger partial charge is 0.481 e. The molecular weight excluding hydrogens is 412 g/mol. The highest BCUT2D eigenvalue weighted by molar-refractivity contribution is 9.13. The van der Waals surface area contributed by atoms with E-state index in [1.807, 2.05) is 6.07 Å². The predicted octanol–water partition coefficient (Wildman–Crippen LogP) is 3.18. The Labute approximate surface area is 135 Å². The number of carboxylic acid groups (broad SMARTS) is 1. The second-order valence-corrected chi connectivity index (χ2v) is 8.06. The number of halogens is 2. The second kappa shape index (κ2) is 5.19. The summed E-state index contributed by atoms with van der Waals surface area (Å²) in [6, 6.07) is 1.92. The topological polar surface area (TPSA) is 80.9 Å². The highest BCUT2D eigenvalue weighted by Crippen LogP contribution is 2.43. The molecule has 0 aromatic carbocycles. The normalized spacial score (nSPS) is 16.9. The molecule has 1 N–H and O–H groups in total. The van der Waals surface area contributed by atoms with Gasteiger partial charge in [0.1, 0.15) is 0 Å². The van der Waals surface area contributed by atoms with Crippen molar-refractivity contribution in [1.82, 2.24) is 20.2 Å². The van der Waals surface area contributed by atoms with Gasteiger partial charge in [-0.15, -0.1) is 16.4 Å². The maximum absolute atomic E-state index is 11.4. The lowest BCUT2D eigenvalue weighted by Crippen LogP contribution is -2.42. The van der Waals surface area contributed by atoms with Gasteiger partial charge in [-0.3, -0.25) is 4.79 Å². The van der Waals surface area contributed by atoms with Gasteiger partial charge >= 0.3 is 5.97 Å². The van der Waals surface area contributed by atoms with E-state index in [2.05, 4.69) is 47.4 Å². The van der Waals surface area contributed by atoms with Crippen LogP contribution in [0.2, 0.25) is 0 Å². The zero-order chi connectivity index (χ0) is 14.3. The third kappa shape index (κ3) is 2.31. The number of aromatic nitrogens is 4. The van der Waals surface area contributed by atoms with E-state index in [1.54, 1.807) is 4.68 Å². The van der Waals surface area contributed by atoms with Crippen LogP contribution in [0.5, 0.6) is 0 Å². The van der Waals surface area contributed by atoms with Crippen molar-refractivity contribution in [3.63, 3.8) is 0 Å². The molecule has 6 nitrogen and oxygen atoms in total. The number of carboxylic acids is 1. The fourth-order valence-corrected chi connectivity index (χ4v) is 4.30. The molecule has 0 spiro atoms. The van der Waals surface area contributed by atoms with E-state index in [-0.39, 0.29) is 0 Å². The van der Waals surface area contributed by atoms with E-state index >= 15 is 0 Å². The van der Waals surface area contributed by atoms with Crippen LogP contribution < -0.4 is 0 Å². The number of thiophene rings is 1. The van der Waals surface area contributed by atoms with Gasteiger partial charge in [-0.1, -0.05) is 6.42 Å². The summed E-state index contributed by atoms with van der Waals surface area (Å²) >= 11 is 8.37. The van der Waals surface area contributed by atoms with Crippen LogP contribution in [0, 0.1) is 5.41 Å². The Morgan fingerprint density at radius 1 is 1.50 bits per heavy atom. The first-order valence-corrected chi connectivity index (χ1v) is 8.37. The van der Waals surface area contributed by atoms with Crippen LogP contribution >= 0.6 is 43.2 Å². The number of nitrogens with zero attached hydrogens (tertiary/aromatic N) is 4. The Morgan fingerprint density at radius 2 is 2.25 bits per heavy atom. The van der Waals surface area contributed by atoms with E-state index in [1.165, 1.54) is 11.3 Å². The van der Waals surface area contributed by atoms with Crippen LogP contribution in [0.3, 0.4) is 0 Å². The highest BCUT2D eigenvalue weighted by Gasteiger charge is 2.45. The lowest BCUT2D eigenvalue weighted by atomic mass is 9.69. The molecule has 2 heterocycles. The van der Waals surface area contributed by atoms with E-state index in [0.717, 1.165) is 19.6 Å². The quantitative estimate of drug-likeness (QED) is 0.819. The smallest absolute Gasteiger partial charge is 0.311 e. The molecule has 0 bridgehead atoms. The summed E-state index contributed by atoms with van der Waals surface area (Å²) < 4.78 is 3.49. The van der Waals surface area contributed by atoms with Crippen LogP contribution in [-0.2, 0) is 11.3 Å². The molecule has 0 unspecified atom stereocenters. The van der Waals surface area contributed by atoms with Crippen molar-refractivity contribution in [2.75, 3.05) is 0 Å². The van der Waals surface area contributed by atoms with E-state index in [0.29, 0.717) is 25.2 Å². The predicted molar refractivity (Wildman–Crippen MR) is 80.4 cm³/mol. The molecule has 1 fully saturated rings. The molecule has 0 aliphatic heterocycles. The lowest BCUT2D eigenvalue weighted by molar-refractivity contribution is -0.156. The van der Waals surface area contributed by atoms with Crippen molar-refractivity contribution < 1.29 is 9.90 Å². The molecule has 1 aliphatic rings. The molecule has 3 rings (SSSR count). The van der Waals surface area contributed by atoms with Gasteiger partial charge in [0.15, 0.2) is 5.82 Å². The lowest BCUT2D eigenvalue weighted by Gasteiger charge is -2.37. The zero-order valence-corrected chi connectivity index (χ0v) is 14.2. The van der Waals surface area contributed by atoms with Gasteiger partial charge in [0.05, 0.1) is 20.6 Å². The SMILES string of the molecule is O=C(O)C1(Cn2nnnc2-c2cc(Br)c(Br)s2)CCC1. The van der Waals surface area contributed by atoms with Crippen LogP contribution in [-0.4, -0.2) is 31.3 Å². The van der Waals surface area contributed by atoms with Crippen molar-refractivity contribution >= 4 is 49.2 Å². The zero-order valence-electron chi connectivity index (χ0n) is 10.2. The standard InChI is InChI=1S/C11H10Br2N4O2S/c12-6-4-7(20-8(6)13)9-14-15-16-17(9)5-11(10(18)19)2-1-3-11/h4H,1-3,5H2,(H,18,19). The molecule has 106 valence electrons. The maximum Gasteiger partial charge on any atom is 0.311 e. The van der Waals surface area contributed by atoms with E-state index in [9.17, 15) is 9.90 Å². The number of rotatable bonds is 4. The van der Waals surface area contributed by atoms with Crippen molar-refractivity contribution in [1.29, 1.82) is 0 Å². The Morgan fingerprint density at radius 3 is 2.75 bits per heavy atom. The molecule has 0 saturated heterocycles. The maximum atomic E-state index is 11.4. The second-order valence-electron chi connectivity index (χ2n) is 4.83. The van der Waals surface area contributed by atoms with Crippen LogP contribution in [0.1, 0.15) is 19.3 Å². The summed E-state index contributed by atoms with van der Waals surface area (Å²) in [5.74, 6) is -0.160. The average molecular weight is 422 g/mol. The Hall–Kier alpha value is -0.800. The van der Waals surface area contributed by atoms with Crippen LogP contribution in [0.15, 0.2) is 14.3 Å². The molecule has 2 aromatic heterocycles. The van der Waals surface area contributed by atoms with Crippen molar-refractivity contribution in [2.45, 2.75) is 25.8 Å². The summed E-state index contributed by atoms with van der Waals surface area (Å²) in [5.41, 5.74) is -0.712. The monoisotopic (exact) mass is 420 g/mol. The summed E-state index contributed by atoms with van der Waals surface area (Å²) in [6.07, 6.45) is 2.30. The number of tetrazole rings is 1. The van der Waals surface area contributed by atoms with Gasteiger partial charge in [0.2, 0.25) is 0 Å². The Kier molecular flexibility index (Phi) is 3.67. The average Bonchev–Trinajstić information content (AvgIpc) is 2.91. The van der Waals surface area contributed by atoms with Crippen molar-refractivity contribution in [2.24, 2.45) is 5.41 Å². The molecule has 20 heavy (non-hydrogen) atoms. The van der Waals surface area contributed by atoms with Gasteiger partial charge in [-0.05, 0) is 61.2 Å². The van der Waals surface area contributed by atoms with Gasteiger partial charge in [0.25, 0.3) is 0 Å². The number of aliphatic carboxylic acids is 1. The molecule has 0 atom stereocenters. The number of hydrogen-bond acceptors (Lipinski definition) is 5. The van der Waals surface area contributed by atoms with Crippen molar-refractivity contribution in [3.05, 3.63) is 14.3 Å². The molecule has 1 aliphatic carbocycles. The van der Waals surface area contributed by atoms with Gasteiger partial charge in [-0.25, -0.2) is 4.68 Å².